The van der Waals surface area contributed by atoms with E-state index in [0.29, 0.717) is 25.2 Å². The first kappa shape index (κ1) is 27.3. The molecular formula is C27H34N2O7. The van der Waals surface area contributed by atoms with Gasteiger partial charge in [-0.25, -0.2) is 0 Å². The van der Waals surface area contributed by atoms with Crippen molar-refractivity contribution in [3.63, 3.8) is 0 Å². The second kappa shape index (κ2) is 12.6. The molecule has 4 N–H and O–H groups in total. The van der Waals surface area contributed by atoms with Crippen LogP contribution in [0, 0.1) is 5.92 Å². The Balaban J connectivity index is 1.59. The lowest BCUT2D eigenvalue weighted by molar-refractivity contribution is -0.133. The molecule has 1 fully saturated rings. The highest BCUT2D eigenvalue weighted by Crippen LogP contribution is 2.30. The smallest absolute Gasteiger partial charge is 0.252 e. The van der Waals surface area contributed by atoms with Gasteiger partial charge in [0.05, 0.1) is 32.5 Å². The fourth-order valence-electron chi connectivity index (χ4n) is 3.79. The Morgan fingerprint density at radius 2 is 1.75 bits per heavy atom. The number of hydrogen-bond donors (Lipinski definition) is 4. The van der Waals surface area contributed by atoms with Crippen LogP contribution in [0.5, 0.6) is 5.75 Å². The van der Waals surface area contributed by atoms with Gasteiger partial charge in [0, 0.05) is 12.0 Å². The summed E-state index contributed by atoms with van der Waals surface area (Å²) in [6, 6.07) is 14.2. The summed E-state index contributed by atoms with van der Waals surface area (Å²) >= 11 is 0. The number of amides is 2. The monoisotopic (exact) mass is 498 g/mol. The van der Waals surface area contributed by atoms with Crippen molar-refractivity contribution in [2.45, 2.75) is 44.4 Å². The van der Waals surface area contributed by atoms with E-state index in [-0.39, 0.29) is 18.1 Å². The average Bonchev–Trinajstić information content (AvgIpc) is 3.68. The predicted octanol–water partition coefficient (Wildman–Crippen LogP) is 1.26. The summed E-state index contributed by atoms with van der Waals surface area (Å²) < 4.78 is 10.9. The third-order valence-corrected chi connectivity index (χ3v) is 5.94. The first-order valence-electron chi connectivity index (χ1n) is 12.1. The van der Waals surface area contributed by atoms with E-state index in [1.165, 1.54) is 0 Å². The zero-order valence-corrected chi connectivity index (χ0v) is 20.6. The summed E-state index contributed by atoms with van der Waals surface area (Å²) in [5.74, 6) is -1.11. The number of aliphatic hydroxyl groups is 2. The quantitative estimate of drug-likeness (QED) is 0.288. The van der Waals surface area contributed by atoms with Crippen LogP contribution < -0.4 is 15.4 Å². The van der Waals surface area contributed by atoms with E-state index in [1.807, 2.05) is 44.2 Å². The van der Waals surface area contributed by atoms with Crippen LogP contribution in [0.4, 0.5) is 0 Å². The zero-order chi connectivity index (χ0) is 26.1. The number of carbonyl (C=O) groups is 3. The molecule has 2 amide bonds. The van der Waals surface area contributed by atoms with Gasteiger partial charge in [0.25, 0.3) is 5.91 Å². The number of carbonyl (C=O) groups excluding carboxylic acids is 3. The standard InChI is InChI=1S/C27H34N2O7/c1-18(2)13-22(24(32)27(16-31)17-36-27)28-26(34)23(15-30)29-25(33)20-9-6-10-21(14-20)35-12-11-19-7-4-3-5-8-19/h3-10,14,18,22-23,30-31H,11-13,15-17H2,1-2H3,(H,28,34)(H,29,33)/t22-,23-,27?/m0/s1. The molecule has 2 aromatic rings. The van der Waals surface area contributed by atoms with Gasteiger partial charge >= 0.3 is 0 Å². The first-order chi connectivity index (χ1) is 17.3. The van der Waals surface area contributed by atoms with Gasteiger partial charge in [-0.3, -0.25) is 14.4 Å². The van der Waals surface area contributed by atoms with E-state index >= 15 is 0 Å². The van der Waals surface area contributed by atoms with Crippen LogP contribution in [0.25, 0.3) is 0 Å². The van der Waals surface area contributed by atoms with E-state index in [9.17, 15) is 24.6 Å². The fourth-order valence-corrected chi connectivity index (χ4v) is 3.79. The van der Waals surface area contributed by atoms with Crippen molar-refractivity contribution >= 4 is 17.6 Å². The Kier molecular flexibility index (Phi) is 9.58. The summed E-state index contributed by atoms with van der Waals surface area (Å²) in [5.41, 5.74) is 0.112. The molecule has 36 heavy (non-hydrogen) atoms. The number of rotatable bonds is 14. The number of ketones is 1. The molecular weight excluding hydrogens is 464 g/mol. The summed E-state index contributed by atoms with van der Waals surface area (Å²) in [4.78, 5) is 38.5. The third-order valence-electron chi connectivity index (χ3n) is 5.94. The van der Waals surface area contributed by atoms with Crippen LogP contribution >= 0.6 is 0 Å². The number of hydrogen-bond acceptors (Lipinski definition) is 7. The highest BCUT2D eigenvalue weighted by Gasteiger charge is 2.54. The molecule has 1 saturated heterocycles. The molecule has 2 aromatic carbocycles. The second-order valence-corrected chi connectivity index (χ2v) is 9.32. The van der Waals surface area contributed by atoms with Gasteiger partial charge in [-0.05, 0) is 36.1 Å². The van der Waals surface area contributed by atoms with Crippen molar-refractivity contribution in [3.8, 4) is 5.75 Å². The average molecular weight is 499 g/mol. The summed E-state index contributed by atoms with van der Waals surface area (Å²) in [6.07, 6.45) is 1.03. The predicted molar refractivity (Wildman–Crippen MR) is 133 cm³/mol. The molecule has 0 bridgehead atoms. The topological polar surface area (TPSA) is 137 Å². The van der Waals surface area contributed by atoms with Gasteiger partial charge in [-0.1, -0.05) is 50.2 Å². The molecule has 0 aromatic heterocycles. The van der Waals surface area contributed by atoms with Crippen LogP contribution in [0.2, 0.25) is 0 Å². The molecule has 3 rings (SSSR count). The Morgan fingerprint density at radius 3 is 2.36 bits per heavy atom. The van der Waals surface area contributed by atoms with Gasteiger partial charge in [-0.2, -0.15) is 0 Å². The maximum atomic E-state index is 12.9. The van der Waals surface area contributed by atoms with Crippen molar-refractivity contribution in [1.82, 2.24) is 10.6 Å². The Morgan fingerprint density at radius 1 is 1.03 bits per heavy atom. The van der Waals surface area contributed by atoms with Crippen LogP contribution in [-0.2, 0) is 20.7 Å². The minimum atomic E-state index is -1.29. The molecule has 0 aliphatic carbocycles. The molecule has 1 aliphatic rings. The summed E-state index contributed by atoms with van der Waals surface area (Å²) in [7, 11) is 0. The van der Waals surface area contributed by atoms with Crippen LogP contribution in [0.3, 0.4) is 0 Å². The van der Waals surface area contributed by atoms with Gasteiger partial charge in [0.2, 0.25) is 5.91 Å². The van der Waals surface area contributed by atoms with Crippen LogP contribution in [0.15, 0.2) is 54.6 Å². The Labute approximate surface area is 210 Å². The van der Waals surface area contributed by atoms with Gasteiger partial charge in [-0.15, -0.1) is 0 Å². The Hall–Kier alpha value is -3.27. The SMILES string of the molecule is CC(C)C[C@H](NC(=O)[C@H](CO)NC(=O)c1cccc(OCCc2ccccc2)c1)C(=O)C1(CO)CO1. The van der Waals surface area contributed by atoms with Crippen LogP contribution in [0.1, 0.15) is 36.2 Å². The molecule has 1 unspecified atom stereocenters. The number of epoxide rings is 1. The van der Waals surface area contributed by atoms with Crippen molar-refractivity contribution < 1.29 is 34.1 Å². The fraction of sp³-hybridized carbons (Fsp3) is 0.444. The number of ether oxygens (including phenoxy) is 2. The minimum Gasteiger partial charge on any atom is -0.493 e. The van der Waals surface area contributed by atoms with Crippen molar-refractivity contribution in [2.75, 3.05) is 26.4 Å². The van der Waals surface area contributed by atoms with Crippen molar-refractivity contribution in [2.24, 2.45) is 5.92 Å². The van der Waals surface area contributed by atoms with E-state index in [1.54, 1.807) is 24.3 Å². The Bertz CT molecular complexity index is 1040. The molecule has 1 heterocycles. The molecule has 9 heteroatoms. The van der Waals surface area contributed by atoms with E-state index in [4.69, 9.17) is 9.47 Å². The molecule has 1 aliphatic heterocycles. The lowest BCUT2D eigenvalue weighted by Gasteiger charge is -2.24. The molecule has 0 radical (unpaired) electrons. The third kappa shape index (κ3) is 7.36. The van der Waals surface area contributed by atoms with E-state index < -0.39 is 48.5 Å². The number of Topliss-reactive ketones (excluding diaryl/α,β-unsaturated/α-hetero) is 1. The highest BCUT2D eigenvalue weighted by molar-refractivity contribution is 6.00. The van der Waals surface area contributed by atoms with Crippen molar-refractivity contribution in [1.29, 1.82) is 0 Å². The molecule has 3 atom stereocenters. The highest BCUT2D eigenvalue weighted by atomic mass is 16.6. The first-order valence-corrected chi connectivity index (χ1v) is 12.1. The lowest BCUT2D eigenvalue weighted by Crippen LogP contribution is -2.55. The lowest BCUT2D eigenvalue weighted by atomic mass is 9.92. The maximum Gasteiger partial charge on any atom is 0.252 e. The van der Waals surface area contributed by atoms with Crippen molar-refractivity contribution in [3.05, 3.63) is 65.7 Å². The largest absolute Gasteiger partial charge is 0.493 e. The normalized spacial score (nSPS) is 18.2. The van der Waals surface area contributed by atoms with E-state index in [0.717, 1.165) is 5.56 Å². The number of benzene rings is 2. The summed E-state index contributed by atoms with van der Waals surface area (Å²) in [6.45, 7) is 3.19. The molecule has 0 spiro atoms. The van der Waals surface area contributed by atoms with E-state index in [2.05, 4.69) is 10.6 Å². The maximum absolute atomic E-state index is 12.9. The number of nitrogens with one attached hydrogen (secondary N) is 2. The van der Waals surface area contributed by atoms with Gasteiger partial charge in [0.1, 0.15) is 11.8 Å². The van der Waals surface area contributed by atoms with Crippen LogP contribution in [-0.4, -0.2) is 71.9 Å². The van der Waals surface area contributed by atoms with Gasteiger partial charge < -0.3 is 30.3 Å². The summed E-state index contributed by atoms with van der Waals surface area (Å²) in [5, 5.41) is 24.4. The minimum absolute atomic E-state index is 0.0699. The molecule has 194 valence electrons. The zero-order valence-electron chi connectivity index (χ0n) is 20.6. The second-order valence-electron chi connectivity index (χ2n) is 9.32. The number of aliphatic hydroxyl groups excluding tert-OH is 2. The molecule has 0 saturated carbocycles. The van der Waals surface area contributed by atoms with Gasteiger partial charge in [0.15, 0.2) is 11.4 Å². The molecule has 9 nitrogen and oxygen atoms in total.